The highest BCUT2D eigenvalue weighted by Gasteiger charge is 2.50. The minimum absolute atomic E-state index is 0.568. The molecule has 114 valence electrons. The molecule has 0 heterocycles. The van der Waals surface area contributed by atoms with Gasteiger partial charge in [0.25, 0.3) is 0 Å². The topological polar surface area (TPSA) is 12.0 Å². The second kappa shape index (κ2) is 5.70. The average molecular weight is 348 g/mol. The lowest BCUT2D eigenvalue weighted by Gasteiger charge is -2.56. The van der Waals surface area contributed by atoms with E-state index in [-0.39, 0.29) is 0 Å². The number of halogens is 1. The van der Waals surface area contributed by atoms with Crippen molar-refractivity contribution in [3.63, 3.8) is 0 Å². The van der Waals surface area contributed by atoms with Crippen molar-refractivity contribution in [2.45, 2.75) is 45.1 Å². The highest BCUT2D eigenvalue weighted by atomic mass is 79.9. The Morgan fingerprint density at radius 3 is 2.10 bits per heavy atom. The molecular formula is C19H26BrN. The lowest BCUT2D eigenvalue weighted by atomic mass is 9.50. The van der Waals surface area contributed by atoms with Crippen molar-refractivity contribution in [3.8, 4) is 0 Å². The van der Waals surface area contributed by atoms with Gasteiger partial charge in [0.15, 0.2) is 0 Å². The van der Waals surface area contributed by atoms with Gasteiger partial charge in [0.2, 0.25) is 0 Å². The molecule has 0 spiro atoms. The van der Waals surface area contributed by atoms with Crippen LogP contribution in [0.5, 0.6) is 0 Å². The summed E-state index contributed by atoms with van der Waals surface area (Å²) in [6.07, 6.45) is 7.59. The summed E-state index contributed by atoms with van der Waals surface area (Å²) in [4.78, 5) is 0. The minimum atomic E-state index is 0.568. The molecule has 1 nitrogen and oxygen atoms in total. The van der Waals surface area contributed by atoms with E-state index in [1.54, 1.807) is 6.42 Å². The van der Waals surface area contributed by atoms with Gasteiger partial charge in [-0.05, 0) is 85.9 Å². The van der Waals surface area contributed by atoms with E-state index in [1.165, 1.54) is 35.7 Å². The van der Waals surface area contributed by atoms with Crippen LogP contribution in [0.3, 0.4) is 0 Å². The van der Waals surface area contributed by atoms with Gasteiger partial charge in [0.05, 0.1) is 0 Å². The second-order valence-electron chi connectivity index (χ2n) is 7.59. The molecule has 1 aromatic carbocycles. The highest BCUT2D eigenvalue weighted by molar-refractivity contribution is 9.10. The first-order chi connectivity index (χ1) is 10.2. The van der Waals surface area contributed by atoms with Crippen LogP contribution in [0.1, 0.15) is 50.6 Å². The van der Waals surface area contributed by atoms with Crippen LogP contribution in [0.15, 0.2) is 28.7 Å². The van der Waals surface area contributed by atoms with E-state index in [1.807, 2.05) is 0 Å². The smallest absolute Gasteiger partial charge is 0.0353 e. The largest absolute Gasteiger partial charge is 0.310 e. The van der Waals surface area contributed by atoms with E-state index < -0.39 is 0 Å². The van der Waals surface area contributed by atoms with E-state index in [9.17, 15) is 0 Å². The maximum Gasteiger partial charge on any atom is 0.0353 e. The minimum Gasteiger partial charge on any atom is -0.310 e. The van der Waals surface area contributed by atoms with E-state index in [2.05, 4.69) is 52.4 Å². The molecule has 4 bridgehead atoms. The van der Waals surface area contributed by atoms with Crippen molar-refractivity contribution in [1.29, 1.82) is 0 Å². The third kappa shape index (κ3) is 2.59. The lowest BCUT2D eigenvalue weighted by molar-refractivity contribution is -0.0523. The van der Waals surface area contributed by atoms with Gasteiger partial charge in [0.1, 0.15) is 0 Å². The molecule has 0 saturated heterocycles. The number of hydrogen-bond acceptors (Lipinski definition) is 1. The van der Waals surface area contributed by atoms with Crippen molar-refractivity contribution in [2.75, 3.05) is 6.54 Å². The molecule has 2 heteroatoms. The molecule has 4 aliphatic carbocycles. The molecule has 1 atom stereocenters. The Hall–Kier alpha value is -0.340. The first kappa shape index (κ1) is 14.3. The Bertz CT molecular complexity index is 467. The SMILES string of the molecule is CCNC(c1ccc(Br)cc1)C1C2CC3CC(C2)CC1C3. The quantitative estimate of drug-likeness (QED) is 0.791. The zero-order chi connectivity index (χ0) is 14.4. The molecule has 0 amide bonds. The molecule has 4 saturated carbocycles. The zero-order valence-corrected chi connectivity index (χ0v) is 14.5. The van der Waals surface area contributed by atoms with Crippen molar-refractivity contribution >= 4 is 15.9 Å². The number of hydrogen-bond donors (Lipinski definition) is 1. The maximum atomic E-state index is 3.83. The van der Waals surface area contributed by atoms with Crippen LogP contribution in [-0.2, 0) is 0 Å². The number of nitrogens with one attached hydrogen (secondary N) is 1. The van der Waals surface area contributed by atoms with Crippen LogP contribution >= 0.6 is 15.9 Å². The van der Waals surface area contributed by atoms with Crippen molar-refractivity contribution < 1.29 is 0 Å². The van der Waals surface area contributed by atoms with E-state index in [0.29, 0.717) is 6.04 Å². The molecule has 1 N–H and O–H groups in total. The monoisotopic (exact) mass is 347 g/mol. The third-order valence-electron chi connectivity index (χ3n) is 6.34. The van der Waals surface area contributed by atoms with Crippen LogP contribution in [0, 0.1) is 29.6 Å². The Morgan fingerprint density at radius 1 is 1.00 bits per heavy atom. The lowest BCUT2D eigenvalue weighted by Crippen LogP contribution is -2.49. The Balaban J connectivity index is 1.63. The summed E-state index contributed by atoms with van der Waals surface area (Å²) in [5.74, 6) is 4.97. The highest BCUT2D eigenvalue weighted by Crippen LogP contribution is 2.59. The Morgan fingerprint density at radius 2 is 1.57 bits per heavy atom. The van der Waals surface area contributed by atoms with Gasteiger partial charge in [-0.15, -0.1) is 0 Å². The van der Waals surface area contributed by atoms with Crippen molar-refractivity contribution in [3.05, 3.63) is 34.3 Å². The van der Waals surface area contributed by atoms with E-state index >= 15 is 0 Å². The predicted octanol–water partition coefficient (Wildman–Crippen LogP) is 5.17. The summed E-state index contributed by atoms with van der Waals surface area (Å²) in [7, 11) is 0. The average Bonchev–Trinajstić information content (AvgIpc) is 2.46. The fraction of sp³-hybridized carbons (Fsp3) is 0.684. The fourth-order valence-corrected chi connectivity index (χ4v) is 6.14. The maximum absolute atomic E-state index is 3.83. The van der Waals surface area contributed by atoms with E-state index in [0.717, 1.165) is 36.1 Å². The van der Waals surface area contributed by atoms with Crippen LogP contribution < -0.4 is 5.32 Å². The van der Waals surface area contributed by atoms with Gasteiger partial charge in [-0.2, -0.15) is 0 Å². The molecule has 4 fully saturated rings. The predicted molar refractivity (Wildman–Crippen MR) is 91.1 cm³/mol. The summed E-state index contributed by atoms with van der Waals surface area (Å²) < 4.78 is 1.19. The van der Waals surface area contributed by atoms with Gasteiger partial charge in [0, 0.05) is 10.5 Å². The van der Waals surface area contributed by atoms with Gasteiger partial charge in [-0.3, -0.25) is 0 Å². The molecular weight excluding hydrogens is 322 g/mol. The second-order valence-corrected chi connectivity index (χ2v) is 8.51. The molecule has 5 rings (SSSR count). The summed E-state index contributed by atoms with van der Waals surface area (Å²) in [6, 6.07) is 9.62. The van der Waals surface area contributed by atoms with Crippen molar-refractivity contribution in [1.82, 2.24) is 5.32 Å². The summed E-state index contributed by atoms with van der Waals surface area (Å²) >= 11 is 3.57. The van der Waals surface area contributed by atoms with Crippen LogP contribution in [0.25, 0.3) is 0 Å². The molecule has 1 aromatic rings. The molecule has 0 aromatic heterocycles. The van der Waals surface area contributed by atoms with Gasteiger partial charge in [-0.25, -0.2) is 0 Å². The molecule has 0 aliphatic heterocycles. The molecule has 4 aliphatic rings. The number of benzene rings is 1. The first-order valence-electron chi connectivity index (χ1n) is 8.73. The fourth-order valence-electron chi connectivity index (χ4n) is 5.88. The standard InChI is InChI=1S/C19H26BrN/c1-2-21-19(14-3-5-17(20)6-4-14)18-15-8-12-7-13(10-15)11-16(18)9-12/h3-6,12-13,15-16,18-19,21H,2,7-11H2,1H3. The van der Waals surface area contributed by atoms with Gasteiger partial charge in [-0.1, -0.05) is 35.0 Å². The first-order valence-corrected chi connectivity index (χ1v) is 9.52. The molecule has 21 heavy (non-hydrogen) atoms. The Kier molecular flexibility index (Phi) is 3.87. The van der Waals surface area contributed by atoms with Gasteiger partial charge < -0.3 is 5.32 Å². The van der Waals surface area contributed by atoms with Crippen LogP contribution in [-0.4, -0.2) is 6.54 Å². The normalized spacial score (nSPS) is 38.7. The summed E-state index contributed by atoms with van der Waals surface area (Å²) in [5.41, 5.74) is 1.50. The van der Waals surface area contributed by atoms with Crippen LogP contribution in [0.4, 0.5) is 0 Å². The van der Waals surface area contributed by atoms with Gasteiger partial charge >= 0.3 is 0 Å². The third-order valence-corrected chi connectivity index (χ3v) is 6.87. The number of rotatable bonds is 4. The Labute approximate surface area is 137 Å². The van der Waals surface area contributed by atoms with Crippen molar-refractivity contribution in [2.24, 2.45) is 29.6 Å². The summed E-state index contributed by atoms with van der Waals surface area (Å²) in [6.45, 7) is 3.32. The zero-order valence-electron chi connectivity index (χ0n) is 12.9. The molecule has 0 radical (unpaired) electrons. The van der Waals surface area contributed by atoms with E-state index in [4.69, 9.17) is 0 Å². The molecule has 1 unspecified atom stereocenters. The van der Waals surface area contributed by atoms with Crippen LogP contribution in [0.2, 0.25) is 0 Å². The summed E-state index contributed by atoms with van der Waals surface area (Å²) in [5, 5.41) is 3.83.